The van der Waals surface area contributed by atoms with Crippen LogP contribution in [-0.4, -0.2) is 45.8 Å². The van der Waals surface area contributed by atoms with E-state index in [9.17, 15) is 14.0 Å². The monoisotopic (exact) mass is 600 g/mol. The summed E-state index contributed by atoms with van der Waals surface area (Å²) in [5, 5.41) is 12.2. The second-order valence-corrected chi connectivity index (χ2v) is 11.2. The number of hydrogen-bond donors (Lipinski definition) is 3. The molecule has 3 heterocycles. The lowest BCUT2D eigenvalue weighted by Crippen LogP contribution is -2.42. The first-order valence-corrected chi connectivity index (χ1v) is 14.3. The highest BCUT2D eigenvalue weighted by Crippen LogP contribution is 2.54. The van der Waals surface area contributed by atoms with Crippen molar-refractivity contribution >= 4 is 44.5 Å². The van der Waals surface area contributed by atoms with Gasteiger partial charge in [0.25, 0.3) is 0 Å². The van der Waals surface area contributed by atoms with Crippen LogP contribution in [0.1, 0.15) is 49.9 Å². The highest BCUT2D eigenvalue weighted by molar-refractivity contribution is 9.10. The number of primary amides is 1. The van der Waals surface area contributed by atoms with Crippen LogP contribution in [0.15, 0.2) is 28.9 Å². The van der Waals surface area contributed by atoms with Crippen molar-refractivity contribution in [3.05, 3.63) is 51.5 Å². The molecule has 5 rings (SSSR count). The summed E-state index contributed by atoms with van der Waals surface area (Å²) in [6.45, 7) is 6.35. The number of hydrogen-bond acceptors (Lipinski definition) is 6. The van der Waals surface area contributed by atoms with Gasteiger partial charge in [0.05, 0.1) is 21.7 Å². The van der Waals surface area contributed by atoms with Gasteiger partial charge in [-0.15, -0.1) is 0 Å². The van der Waals surface area contributed by atoms with Crippen LogP contribution in [-0.2, 0) is 40.3 Å². The van der Waals surface area contributed by atoms with Gasteiger partial charge in [-0.1, -0.05) is 13.0 Å². The summed E-state index contributed by atoms with van der Waals surface area (Å²) in [5.74, 6) is -1.63. The maximum Gasteiger partial charge on any atom is 0.236 e. The predicted octanol–water partition coefficient (Wildman–Crippen LogP) is 3.86. The number of nitrogens with two attached hydrogens (primary N) is 1. The topological polar surface area (TPSA) is 124 Å². The Morgan fingerprint density at radius 3 is 2.72 bits per heavy atom. The van der Waals surface area contributed by atoms with E-state index in [1.807, 2.05) is 24.7 Å². The van der Waals surface area contributed by atoms with E-state index in [-0.39, 0.29) is 30.2 Å². The molecule has 0 bridgehead atoms. The summed E-state index contributed by atoms with van der Waals surface area (Å²) >= 11 is 3.20. The van der Waals surface area contributed by atoms with E-state index >= 15 is 0 Å². The predicted molar refractivity (Wildman–Crippen MR) is 149 cm³/mol. The number of aryl methyl sites for hydroxylation is 2. The van der Waals surface area contributed by atoms with Crippen LogP contribution in [0.25, 0.3) is 11.0 Å². The number of pyridine rings is 1. The zero-order chi connectivity index (χ0) is 27.7. The quantitative estimate of drug-likeness (QED) is 0.304. The number of nitrogens with zero attached hydrogens (tertiary/aromatic N) is 3. The van der Waals surface area contributed by atoms with Crippen molar-refractivity contribution in [2.45, 2.75) is 65.1 Å². The molecule has 2 aromatic heterocycles. The molecule has 11 heteroatoms. The highest BCUT2D eigenvalue weighted by Gasteiger charge is 2.64. The molecule has 1 aliphatic heterocycles. The first-order chi connectivity index (χ1) is 18.8. The lowest BCUT2D eigenvalue weighted by Gasteiger charge is -2.27. The van der Waals surface area contributed by atoms with Crippen molar-refractivity contribution in [3.63, 3.8) is 0 Å². The molecule has 2 fully saturated rings. The molecule has 9 nitrogen and oxygen atoms in total. The van der Waals surface area contributed by atoms with E-state index in [2.05, 4.69) is 31.7 Å². The van der Waals surface area contributed by atoms with Crippen LogP contribution in [0.3, 0.4) is 0 Å². The van der Waals surface area contributed by atoms with Crippen LogP contribution < -0.4 is 16.4 Å². The highest BCUT2D eigenvalue weighted by atomic mass is 79.9. The van der Waals surface area contributed by atoms with Crippen molar-refractivity contribution in [2.24, 2.45) is 17.1 Å². The number of aromatic nitrogens is 3. The second-order valence-electron chi connectivity index (χ2n) is 10.4. The summed E-state index contributed by atoms with van der Waals surface area (Å²) in [4.78, 5) is 31.0. The number of benzene rings is 1. The summed E-state index contributed by atoms with van der Waals surface area (Å²) in [6, 6.07) is 4.95. The number of amides is 2. The smallest absolute Gasteiger partial charge is 0.236 e. The summed E-state index contributed by atoms with van der Waals surface area (Å²) < 4.78 is 21.4. The van der Waals surface area contributed by atoms with Gasteiger partial charge in [-0.3, -0.25) is 9.59 Å². The van der Waals surface area contributed by atoms with Gasteiger partial charge in [-0.2, -0.15) is 5.10 Å². The molecule has 1 saturated heterocycles. The fourth-order valence-corrected chi connectivity index (χ4v) is 6.07. The lowest BCUT2D eigenvalue weighted by atomic mass is 9.97. The standard InChI is InChI=1S/C28H34BrFN6O3/c1-3-23-19(24(34-18-7-9-39-10-8-18)20-15-33-36(4-2)25(20)35-23)14-32-27(38)28(26(31)37)13-17(28)11-16-5-6-22(30)21(29)12-16/h5-6,12,15,17-18H,3-4,7-11,13-14H2,1-2H3,(H2,31,37)(H,32,38)(H,34,35). The fraction of sp³-hybridized carbons (Fsp3) is 0.500. The Bertz CT molecular complexity index is 1410. The van der Waals surface area contributed by atoms with Gasteiger partial charge < -0.3 is 21.1 Å². The van der Waals surface area contributed by atoms with Gasteiger partial charge in [-0.25, -0.2) is 14.1 Å². The Hall–Kier alpha value is -3.05. The first-order valence-electron chi connectivity index (χ1n) is 13.5. The van der Waals surface area contributed by atoms with E-state index in [0.29, 0.717) is 43.5 Å². The second kappa shape index (κ2) is 11.2. The Kier molecular flexibility index (Phi) is 7.91. The normalized spacial score (nSPS) is 21.2. The zero-order valence-electron chi connectivity index (χ0n) is 22.2. The van der Waals surface area contributed by atoms with Gasteiger partial charge in [0.1, 0.15) is 11.2 Å². The van der Waals surface area contributed by atoms with Crippen molar-refractivity contribution in [1.29, 1.82) is 0 Å². The van der Waals surface area contributed by atoms with E-state index in [4.69, 9.17) is 15.5 Å². The molecular formula is C28H34BrFN6O3. The molecule has 208 valence electrons. The van der Waals surface area contributed by atoms with Crippen molar-refractivity contribution < 1.29 is 18.7 Å². The van der Waals surface area contributed by atoms with Crippen LogP contribution in [0, 0.1) is 17.2 Å². The molecule has 1 aliphatic carbocycles. The van der Waals surface area contributed by atoms with Crippen LogP contribution in [0.5, 0.6) is 0 Å². The SMILES string of the molecule is CCc1nc2c(cnn2CC)c(NC2CCOCC2)c1CNC(=O)C1(C(N)=O)CC1Cc1ccc(F)c(Br)c1. The molecule has 2 unspecified atom stereocenters. The number of fused-ring (bicyclic) bond motifs is 1. The van der Waals surface area contributed by atoms with Crippen LogP contribution in [0.2, 0.25) is 0 Å². The largest absolute Gasteiger partial charge is 0.381 e. The minimum atomic E-state index is -1.29. The van der Waals surface area contributed by atoms with E-state index < -0.39 is 11.3 Å². The fourth-order valence-electron chi connectivity index (χ4n) is 5.65. The van der Waals surface area contributed by atoms with E-state index in [1.54, 1.807) is 12.1 Å². The number of nitrogens with one attached hydrogen (secondary N) is 2. The maximum absolute atomic E-state index is 13.7. The molecule has 39 heavy (non-hydrogen) atoms. The van der Waals surface area contributed by atoms with Crippen molar-refractivity contribution in [2.75, 3.05) is 18.5 Å². The average molecular weight is 602 g/mol. The molecule has 0 radical (unpaired) electrons. The summed E-state index contributed by atoms with van der Waals surface area (Å²) in [5.41, 5.74) is 8.81. The van der Waals surface area contributed by atoms with Crippen LogP contribution in [0.4, 0.5) is 10.1 Å². The van der Waals surface area contributed by atoms with E-state index in [0.717, 1.165) is 46.4 Å². The van der Waals surface area contributed by atoms with Gasteiger partial charge in [0.2, 0.25) is 11.8 Å². The lowest BCUT2D eigenvalue weighted by molar-refractivity contribution is -0.136. The molecule has 2 aliphatic rings. The van der Waals surface area contributed by atoms with E-state index in [1.165, 1.54) is 6.07 Å². The molecule has 1 aromatic carbocycles. The number of rotatable bonds is 10. The van der Waals surface area contributed by atoms with Crippen molar-refractivity contribution in [3.8, 4) is 0 Å². The molecule has 2 amide bonds. The zero-order valence-corrected chi connectivity index (χ0v) is 23.8. The van der Waals surface area contributed by atoms with Gasteiger partial charge in [0.15, 0.2) is 5.65 Å². The summed E-state index contributed by atoms with van der Waals surface area (Å²) in [6.07, 6.45) is 5.06. The third-order valence-electron chi connectivity index (χ3n) is 8.02. The Morgan fingerprint density at radius 2 is 2.05 bits per heavy atom. The molecule has 4 N–H and O–H groups in total. The molecule has 3 aromatic rings. The number of carbonyl (C=O) groups excluding carboxylic acids is 2. The minimum Gasteiger partial charge on any atom is -0.381 e. The third-order valence-corrected chi connectivity index (χ3v) is 8.63. The van der Waals surface area contributed by atoms with Gasteiger partial charge >= 0.3 is 0 Å². The first kappa shape index (κ1) is 27.5. The minimum absolute atomic E-state index is 0.206. The van der Waals surface area contributed by atoms with Gasteiger partial charge in [-0.05, 0) is 78.6 Å². The number of ether oxygens (including phenoxy) is 1. The molecule has 1 saturated carbocycles. The number of carbonyl (C=O) groups is 2. The number of halogens is 2. The average Bonchev–Trinajstić information content (AvgIpc) is 3.52. The Balaban J connectivity index is 1.40. The maximum atomic E-state index is 13.7. The van der Waals surface area contributed by atoms with Gasteiger partial charge in [0, 0.05) is 43.6 Å². The van der Waals surface area contributed by atoms with Crippen molar-refractivity contribution in [1.82, 2.24) is 20.1 Å². The third kappa shape index (κ3) is 5.26. The molecule has 0 spiro atoms. The molecular weight excluding hydrogens is 567 g/mol. The Morgan fingerprint density at radius 1 is 1.28 bits per heavy atom. The van der Waals surface area contributed by atoms with Crippen LogP contribution >= 0.6 is 15.9 Å². The molecule has 2 atom stereocenters. The number of anilines is 1. The summed E-state index contributed by atoms with van der Waals surface area (Å²) in [7, 11) is 0. The Labute approximate surface area is 235 Å².